The normalized spacial score (nSPS) is 27.7. The van der Waals surface area contributed by atoms with E-state index in [1.807, 2.05) is 6.20 Å². The summed E-state index contributed by atoms with van der Waals surface area (Å²) in [6.07, 6.45) is 23.0. The first-order valence-corrected chi connectivity index (χ1v) is 12.8. The van der Waals surface area contributed by atoms with Crippen LogP contribution in [0.1, 0.15) is 109 Å². The van der Waals surface area contributed by atoms with Crippen molar-refractivity contribution >= 4 is 0 Å². The van der Waals surface area contributed by atoms with Crippen molar-refractivity contribution in [1.29, 1.82) is 0 Å². The summed E-state index contributed by atoms with van der Waals surface area (Å²) in [5.74, 6) is 4.96. The lowest BCUT2D eigenvalue weighted by Gasteiger charge is -2.31. The van der Waals surface area contributed by atoms with Crippen molar-refractivity contribution in [3.8, 4) is 5.75 Å². The van der Waals surface area contributed by atoms with E-state index < -0.39 is 0 Å². The van der Waals surface area contributed by atoms with Crippen LogP contribution in [-0.2, 0) is 6.42 Å². The highest BCUT2D eigenvalue weighted by Gasteiger charge is 2.24. The predicted molar refractivity (Wildman–Crippen MR) is 123 cm³/mol. The standard InChI is InChI=1S/C27H45NO/c1-3-5-20-29-27-19-18-26(28-21-27)17-16-25-14-12-24(13-15-25)11-10-23-8-6-22(4-2)7-9-23/h18-19,21-25H,3-17,20H2,1-2H3. The zero-order valence-corrected chi connectivity index (χ0v) is 19.2. The number of unbranched alkanes of at least 4 members (excludes halogenated alkanes) is 1. The quantitative estimate of drug-likeness (QED) is 0.352. The molecule has 1 aromatic heterocycles. The lowest BCUT2D eigenvalue weighted by atomic mass is 9.74. The SMILES string of the molecule is CCCCOc1ccc(CCC2CCC(CCC3CCC(CC)CC3)CC2)nc1. The van der Waals surface area contributed by atoms with E-state index in [2.05, 4.69) is 31.0 Å². The van der Waals surface area contributed by atoms with Crippen molar-refractivity contribution in [3.63, 3.8) is 0 Å². The molecular weight excluding hydrogens is 354 g/mol. The number of hydrogen-bond donors (Lipinski definition) is 0. The Balaban J connectivity index is 1.27. The monoisotopic (exact) mass is 399 g/mol. The summed E-state index contributed by atoms with van der Waals surface area (Å²) in [6, 6.07) is 4.27. The molecule has 2 fully saturated rings. The molecule has 2 aliphatic rings. The van der Waals surface area contributed by atoms with E-state index in [4.69, 9.17) is 4.74 Å². The topological polar surface area (TPSA) is 22.1 Å². The molecule has 0 saturated heterocycles. The van der Waals surface area contributed by atoms with Gasteiger partial charge in [0.15, 0.2) is 0 Å². The van der Waals surface area contributed by atoms with Gasteiger partial charge in [0, 0.05) is 5.69 Å². The highest BCUT2D eigenvalue weighted by atomic mass is 16.5. The van der Waals surface area contributed by atoms with Crippen molar-refractivity contribution in [1.82, 2.24) is 4.98 Å². The van der Waals surface area contributed by atoms with Gasteiger partial charge in [0.1, 0.15) is 5.75 Å². The van der Waals surface area contributed by atoms with Gasteiger partial charge >= 0.3 is 0 Å². The number of hydrogen-bond acceptors (Lipinski definition) is 2. The molecule has 29 heavy (non-hydrogen) atoms. The fraction of sp³-hybridized carbons (Fsp3) is 0.815. The van der Waals surface area contributed by atoms with Crippen LogP contribution in [0.25, 0.3) is 0 Å². The van der Waals surface area contributed by atoms with Gasteiger partial charge in [0.05, 0.1) is 12.8 Å². The van der Waals surface area contributed by atoms with Crippen LogP contribution in [-0.4, -0.2) is 11.6 Å². The van der Waals surface area contributed by atoms with Crippen molar-refractivity contribution in [2.45, 2.75) is 110 Å². The van der Waals surface area contributed by atoms with E-state index >= 15 is 0 Å². The van der Waals surface area contributed by atoms with Gasteiger partial charge < -0.3 is 4.74 Å². The number of nitrogens with zero attached hydrogens (tertiary/aromatic N) is 1. The van der Waals surface area contributed by atoms with Gasteiger partial charge in [-0.3, -0.25) is 4.98 Å². The molecule has 0 amide bonds. The number of pyridine rings is 1. The third-order valence-corrected chi connectivity index (χ3v) is 7.87. The van der Waals surface area contributed by atoms with Crippen LogP contribution >= 0.6 is 0 Å². The van der Waals surface area contributed by atoms with Crippen LogP contribution in [0.15, 0.2) is 18.3 Å². The lowest BCUT2D eigenvalue weighted by molar-refractivity contribution is 0.211. The minimum absolute atomic E-state index is 0.806. The zero-order chi connectivity index (χ0) is 20.3. The van der Waals surface area contributed by atoms with E-state index in [9.17, 15) is 0 Å². The summed E-state index contributed by atoms with van der Waals surface area (Å²) in [5, 5.41) is 0. The second-order valence-corrected chi connectivity index (χ2v) is 9.99. The van der Waals surface area contributed by atoms with Crippen molar-refractivity contribution in [3.05, 3.63) is 24.0 Å². The van der Waals surface area contributed by atoms with Gasteiger partial charge in [-0.1, -0.05) is 90.9 Å². The molecule has 1 heterocycles. The molecule has 2 heteroatoms. The summed E-state index contributed by atoms with van der Waals surface area (Å²) in [4.78, 5) is 4.62. The Kier molecular flexibility index (Phi) is 9.83. The molecule has 0 radical (unpaired) electrons. The van der Waals surface area contributed by atoms with Crippen LogP contribution < -0.4 is 4.74 Å². The first-order valence-electron chi connectivity index (χ1n) is 12.8. The maximum Gasteiger partial charge on any atom is 0.137 e. The average Bonchev–Trinajstić information content (AvgIpc) is 2.78. The molecule has 2 nitrogen and oxygen atoms in total. The molecule has 0 aromatic carbocycles. The zero-order valence-electron chi connectivity index (χ0n) is 19.2. The largest absolute Gasteiger partial charge is 0.492 e. The van der Waals surface area contributed by atoms with Crippen LogP contribution in [0, 0.1) is 23.7 Å². The highest BCUT2D eigenvalue weighted by Crippen LogP contribution is 2.38. The van der Waals surface area contributed by atoms with Crippen molar-refractivity contribution in [2.24, 2.45) is 23.7 Å². The first-order chi connectivity index (χ1) is 14.3. The maximum absolute atomic E-state index is 5.72. The Morgan fingerprint density at radius 3 is 1.90 bits per heavy atom. The molecule has 164 valence electrons. The van der Waals surface area contributed by atoms with Crippen LogP contribution in [0.2, 0.25) is 0 Å². The van der Waals surface area contributed by atoms with E-state index in [-0.39, 0.29) is 0 Å². The number of aromatic nitrogens is 1. The summed E-state index contributed by atoms with van der Waals surface area (Å²) in [6.45, 7) is 5.37. The molecule has 0 unspecified atom stereocenters. The Bertz CT molecular complexity index is 538. The first kappa shape index (κ1) is 22.6. The summed E-state index contributed by atoms with van der Waals surface area (Å²) >= 11 is 0. The second kappa shape index (κ2) is 12.6. The van der Waals surface area contributed by atoms with Gasteiger partial charge in [-0.05, 0) is 55.1 Å². The molecule has 0 bridgehead atoms. The molecule has 2 saturated carbocycles. The summed E-state index contributed by atoms with van der Waals surface area (Å²) in [7, 11) is 0. The Labute approximate surface area is 180 Å². The smallest absolute Gasteiger partial charge is 0.137 e. The van der Waals surface area contributed by atoms with Gasteiger partial charge in [-0.2, -0.15) is 0 Å². The van der Waals surface area contributed by atoms with Crippen LogP contribution in [0.5, 0.6) is 5.75 Å². The van der Waals surface area contributed by atoms with Gasteiger partial charge in [0.25, 0.3) is 0 Å². The minimum Gasteiger partial charge on any atom is -0.492 e. The molecule has 1 aromatic rings. The molecule has 0 atom stereocenters. The van der Waals surface area contributed by atoms with Gasteiger partial charge in [-0.15, -0.1) is 0 Å². The van der Waals surface area contributed by atoms with E-state index in [1.54, 1.807) is 0 Å². The van der Waals surface area contributed by atoms with Crippen LogP contribution in [0.3, 0.4) is 0 Å². The van der Waals surface area contributed by atoms with Gasteiger partial charge in [-0.25, -0.2) is 0 Å². The lowest BCUT2D eigenvalue weighted by Crippen LogP contribution is -2.18. The van der Waals surface area contributed by atoms with Crippen molar-refractivity contribution in [2.75, 3.05) is 6.61 Å². The van der Waals surface area contributed by atoms with Crippen molar-refractivity contribution < 1.29 is 4.74 Å². The summed E-state index contributed by atoms with van der Waals surface area (Å²) < 4.78 is 5.72. The molecule has 2 aliphatic carbocycles. The van der Waals surface area contributed by atoms with E-state index in [0.717, 1.165) is 48.9 Å². The summed E-state index contributed by atoms with van der Waals surface area (Å²) in [5.41, 5.74) is 1.23. The Morgan fingerprint density at radius 2 is 1.38 bits per heavy atom. The molecular formula is C27H45NO. The third kappa shape index (κ3) is 7.95. The average molecular weight is 400 g/mol. The highest BCUT2D eigenvalue weighted by molar-refractivity contribution is 5.19. The van der Waals surface area contributed by atoms with Crippen LogP contribution in [0.4, 0.5) is 0 Å². The van der Waals surface area contributed by atoms with Gasteiger partial charge in [0.2, 0.25) is 0 Å². The number of ether oxygens (including phenoxy) is 1. The molecule has 0 N–H and O–H groups in total. The minimum atomic E-state index is 0.806. The molecule has 0 aliphatic heterocycles. The number of aryl methyl sites for hydroxylation is 1. The van der Waals surface area contributed by atoms with E-state index in [0.29, 0.717) is 0 Å². The molecule has 0 spiro atoms. The third-order valence-electron chi connectivity index (χ3n) is 7.87. The van der Waals surface area contributed by atoms with E-state index in [1.165, 1.54) is 89.2 Å². The fourth-order valence-corrected chi connectivity index (χ4v) is 5.54. The predicted octanol–water partition coefficient (Wildman–Crippen LogP) is 8.00. The fourth-order valence-electron chi connectivity index (χ4n) is 5.54. The Hall–Kier alpha value is -1.05. The maximum atomic E-state index is 5.72. The number of rotatable bonds is 11. The second-order valence-electron chi connectivity index (χ2n) is 9.99. The Morgan fingerprint density at radius 1 is 0.793 bits per heavy atom. The molecule has 3 rings (SSSR count).